The average Bonchev–Trinajstić information content (AvgIpc) is 3.36. The molecule has 1 aliphatic heterocycles. The lowest BCUT2D eigenvalue weighted by molar-refractivity contribution is -0.919. The maximum atomic E-state index is 12.1. The number of quaternary nitrogens is 1. The van der Waals surface area contributed by atoms with E-state index in [2.05, 4.69) is 15.7 Å². The summed E-state index contributed by atoms with van der Waals surface area (Å²) in [6, 6.07) is 0. The molecule has 0 saturated heterocycles. The zero-order chi connectivity index (χ0) is 33.8. The highest BCUT2D eigenvalue weighted by molar-refractivity contribution is 6.99. The standard InChI is InChI=1S/C23H40N3O4S/c1-4-6-8-10-12-17-29-23(27)30-19-26(3)15-13-14-20(18-26)21-22(25-31-24-21)28-16-11-9-7-5-2/h14H,4-13,15-19H2,1-3H3/q+1/i2D3,5D2,7D2,9D2,11D2,16D2. The normalized spacial score (nSPS) is 27.4. The Bertz CT molecular complexity index is 1160. The van der Waals surface area contributed by atoms with E-state index in [0.29, 0.717) is 30.3 Å². The SMILES string of the molecule is [2H]C([2H])([2H])C([2H])([2H])C([2H])([2H])C([2H])([2H])C([2H])([2H])C([2H])([2H])Oc1nsnc1C1=CCC[N+](C)(COC(=O)OCCCCCCC)C1. The molecule has 176 valence electrons. The molecule has 1 unspecified atom stereocenters. The molecule has 1 aromatic heterocycles. The van der Waals surface area contributed by atoms with Gasteiger partial charge in [0.1, 0.15) is 12.2 Å². The fourth-order valence-corrected chi connectivity index (χ4v) is 3.62. The number of nitrogens with zero attached hydrogens (tertiary/aromatic N) is 3. The van der Waals surface area contributed by atoms with Gasteiger partial charge in [-0.25, -0.2) is 4.79 Å². The summed E-state index contributed by atoms with van der Waals surface area (Å²) in [7, 11) is 1.80. The number of ether oxygens (including phenoxy) is 3. The summed E-state index contributed by atoms with van der Waals surface area (Å²) < 4.78 is 126. The molecular formula is C23H40N3O4S+. The highest BCUT2D eigenvalue weighted by Gasteiger charge is 2.31. The number of carbonyl (C=O) groups is 1. The van der Waals surface area contributed by atoms with Crippen LogP contribution in [0.1, 0.15) is 101 Å². The molecule has 0 radical (unpaired) electrons. The first-order chi connectivity index (χ1) is 20.0. The van der Waals surface area contributed by atoms with Crippen molar-refractivity contribution in [3.63, 3.8) is 0 Å². The lowest BCUT2D eigenvalue weighted by Gasteiger charge is -2.36. The topological polar surface area (TPSA) is 70.5 Å². The molecule has 8 heteroatoms. The predicted molar refractivity (Wildman–Crippen MR) is 124 cm³/mol. The molecule has 2 rings (SSSR count). The summed E-state index contributed by atoms with van der Waals surface area (Å²) >= 11 is 0.597. The van der Waals surface area contributed by atoms with Crippen molar-refractivity contribution in [2.24, 2.45) is 0 Å². The summed E-state index contributed by atoms with van der Waals surface area (Å²) in [5.41, 5.74) is 0.499. The molecule has 1 atom stereocenters. The van der Waals surface area contributed by atoms with E-state index in [1.54, 1.807) is 13.1 Å². The molecule has 0 N–H and O–H groups in total. The number of likely N-dealkylation sites (N-methyl/N-ethyl adjacent to an activating group) is 1. The average molecular weight is 468 g/mol. The van der Waals surface area contributed by atoms with Gasteiger partial charge in [-0.15, -0.1) is 4.37 Å². The van der Waals surface area contributed by atoms with E-state index < -0.39 is 50.9 Å². The number of hydrogen-bond acceptors (Lipinski definition) is 7. The second-order valence-electron chi connectivity index (χ2n) is 7.43. The molecule has 7 nitrogen and oxygen atoms in total. The maximum Gasteiger partial charge on any atom is 0.512 e. The van der Waals surface area contributed by atoms with Crippen molar-refractivity contribution in [3.05, 3.63) is 11.8 Å². The number of hydrogen-bond donors (Lipinski definition) is 0. The van der Waals surface area contributed by atoms with Gasteiger partial charge < -0.3 is 14.2 Å². The van der Waals surface area contributed by atoms with Gasteiger partial charge in [-0.05, 0) is 12.8 Å². The van der Waals surface area contributed by atoms with Gasteiger partial charge in [-0.1, -0.05) is 64.7 Å². The molecule has 0 spiro atoms. The van der Waals surface area contributed by atoms with Gasteiger partial charge in [0.25, 0.3) is 5.88 Å². The smallest absolute Gasteiger partial charge is 0.475 e. The fourth-order valence-electron chi connectivity index (χ4n) is 3.10. The third kappa shape index (κ3) is 9.56. The Balaban J connectivity index is 2.17. The van der Waals surface area contributed by atoms with E-state index >= 15 is 0 Å². The Kier molecular flexibility index (Phi) is 5.83. The van der Waals surface area contributed by atoms with E-state index in [1.165, 1.54) is 0 Å². The second-order valence-corrected chi connectivity index (χ2v) is 7.96. The molecular weight excluding hydrogens is 414 g/mol. The molecule has 1 aromatic rings. The third-order valence-electron chi connectivity index (χ3n) is 4.72. The molecule has 0 amide bonds. The molecule has 0 aliphatic carbocycles. The van der Waals surface area contributed by atoms with Gasteiger partial charge in [-0.3, -0.25) is 4.48 Å². The largest absolute Gasteiger partial charge is 0.512 e. The summed E-state index contributed by atoms with van der Waals surface area (Å²) in [6.07, 6.45) is -9.54. The summed E-state index contributed by atoms with van der Waals surface area (Å²) in [5, 5.41) is 0. The molecule has 0 fully saturated rings. The fraction of sp³-hybridized carbons (Fsp3) is 0.783. The lowest BCUT2D eigenvalue weighted by Crippen LogP contribution is -2.49. The van der Waals surface area contributed by atoms with E-state index in [0.717, 1.165) is 32.1 Å². The number of aromatic nitrogens is 2. The summed E-state index contributed by atoms with van der Waals surface area (Å²) in [5.74, 6) is -0.526. The van der Waals surface area contributed by atoms with Crippen LogP contribution in [0.4, 0.5) is 4.79 Å². The van der Waals surface area contributed by atoms with Crippen LogP contribution in [-0.2, 0) is 9.47 Å². The van der Waals surface area contributed by atoms with Gasteiger partial charge in [0.15, 0.2) is 0 Å². The molecule has 2 heterocycles. The Morgan fingerprint density at radius 2 is 2.10 bits per heavy atom. The molecule has 0 saturated carbocycles. The van der Waals surface area contributed by atoms with Crippen LogP contribution in [0, 0.1) is 0 Å². The molecule has 0 bridgehead atoms. The van der Waals surface area contributed by atoms with Crippen LogP contribution >= 0.6 is 11.7 Å². The van der Waals surface area contributed by atoms with Crippen LogP contribution in [0.3, 0.4) is 0 Å². The van der Waals surface area contributed by atoms with Crippen molar-refractivity contribution in [3.8, 4) is 5.88 Å². The van der Waals surface area contributed by atoms with E-state index in [-0.39, 0.29) is 30.1 Å². The Morgan fingerprint density at radius 1 is 1.23 bits per heavy atom. The zero-order valence-corrected chi connectivity index (χ0v) is 18.8. The van der Waals surface area contributed by atoms with Crippen LogP contribution in [0.2, 0.25) is 0 Å². The van der Waals surface area contributed by atoms with Crippen molar-refractivity contribution in [2.75, 3.05) is 40.0 Å². The third-order valence-corrected chi connectivity index (χ3v) is 5.23. The monoisotopic (exact) mass is 467 g/mol. The number of carbonyl (C=O) groups excluding carboxylic acids is 1. The van der Waals surface area contributed by atoms with Crippen molar-refractivity contribution >= 4 is 23.5 Å². The molecule has 31 heavy (non-hydrogen) atoms. The number of rotatable bonds is 15. The first-order valence-electron chi connectivity index (χ1n) is 16.8. The van der Waals surface area contributed by atoms with Crippen molar-refractivity contribution in [2.45, 2.75) is 77.8 Å². The van der Waals surface area contributed by atoms with Gasteiger partial charge in [0.05, 0.1) is 41.2 Å². The first kappa shape index (κ1) is 12.5. The Labute approximate surface area is 209 Å². The Hall–Kier alpha value is -1.67. The second kappa shape index (κ2) is 14.4. The van der Waals surface area contributed by atoms with Crippen molar-refractivity contribution < 1.29 is 41.3 Å². The summed E-state index contributed by atoms with van der Waals surface area (Å²) in [6.45, 7) is -4.31. The molecule has 0 aromatic carbocycles. The van der Waals surface area contributed by atoms with Crippen LogP contribution in [-0.4, -0.2) is 59.4 Å². The number of unbranched alkanes of at least 4 members (excludes halogenated alkanes) is 4. The minimum atomic E-state index is -4.06. The zero-order valence-electron chi connectivity index (χ0n) is 31.0. The minimum absolute atomic E-state index is 0.00905. The highest BCUT2D eigenvalue weighted by atomic mass is 32.1. The summed E-state index contributed by atoms with van der Waals surface area (Å²) in [4.78, 5) is 12.1. The van der Waals surface area contributed by atoms with Gasteiger partial charge in [-0.2, -0.15) is 4.37 Å². The predicted octanol–water partition coefficient (Wildman–Crippen LogP) is 5.81. The maximum absolute atomic E-state index is 12.1. The highest BCUT2D eigenvalue weighted by Crippen LogP contribution is 2.30. The quantitative estimate of drug-likeness (QED) is 0.184. The first-order valence-corrected chi connectivity index (χ1v) is 11.0. The lowest BCUT2D eigenvalue weighted by atomic mass is 10.1. The van der Waals surface area contributed by atoms with Crippen LogP contribution in [0.15, 0.2) is 6.08 Å². The van der Waals surface area contributed by atoms with Crippen LogP contribution in [0.5, 0.6) is 5.88 Å². The van der Waals surface area contributed by atoms with Crippen LogP contribution < -0.4 is 4.74 Å². The van der Waals surface area contributed by atoms with Gasteiger partial charge in [0.2, 0.25) is 6.73 Å². The van der Waals surface area contributed by atoms with E-state index in [9.17, 15) is 4.79 Å². The van der Waals surface area contributed by atoms with Gasteiger partial charge in [0, 0.05) is 27.1 Å². The minimum Gasteiger partial charge on any atom is -0.475 e. The van der Waals surface area contributed by atoms with E-state index in [4.69, 9.17) is 32.0 Å². The van der Waals surface area contributed by atoms with Crippen molar-refractivity contribution in [1.82, 2.24) is 8.75 Å². The Morgan fingerprint density at radius 3 is 2.94 bits per heavy atom. The molecule has 1 aliphatic rings. The van der Waals surface area contributed by atoms with Gasteiger partial charge >= 0.3 is 6.16 Å². The van der Waals surface area contributed by atoms with Crippen molar-refractivity contribution in [1.29, 1.82) is 0 Å². The van der Waals surface area contributed by atoms with E-state index in [1.807, 2.05) is 0 Å². The van der Waals surface area contributed by atoms with Crippen LogP contribution in [0.25, 0.3) is 5.57 Å².